The molecule has 0 atom stereocenters. The van der Waals surface area contributed by atoms with Gasteiger partial charge in [-0.1, -0.05) is 15.9 Å². The van der Waals surface area contributed by atoms with Crippen LogP contribution < -0.4 is 5.32 Å². The number of benzene rings is 1. The molecule has 0 heterocycles. The Morgan fingerprint density at radius 2 is 2.12 bits per heavy atom. The van der Waals surface area contributed by atoms with Gasteiger partial charge < -0.3 is 10.1 Å². The highest BCUT2D eigenvalue weighted by Crippen LogP contribution is 2.19. The third-order valence-corrected chi connectivity index (χ3v) is 2.77. The zero-order valence-electron chi connectivity index (χ0n) is 9.04. The van der Waals surface area contributed by atoms with Gasteiger partial charge in [-0.2, -0.15) is 0 Å². The lowest BCUT2D eigenvalue weighted by Gasteiger charge is -2.06. The smallest absolute Gasteiger partial charge is 0.397 e. The van der Waals surface area contributed by atoms with E-state index in [1.807, 2.05) is 6.92 Å². The molecule has 0 aliphatic rings. The van der Waals surface area contributed by atoms with E-state index >= 15 is 0 Å². The molecule has 1 aromatic carbocycles. The van der Waals surface area contributed by atoms with Crippen molar-refractivity contribution in [2.75, 3.05) is 11.9 Å². The first kappa shape index (κ1) is 12.7. The van der Waals surface area contributed by atoms with Gasteiger partial charge in [-0.15, -0.1) is 0 Å². The second-order valence-electron chi connectivity index (χ2n) is 3.14. The summed E-state index contributed by atoms with van der Waals surface area (Å²) in [6.45, 7) is 3.73. The number of amides is 1. The van der Waals surface area contributed by atoms with Gasteiger partial charge in [0.15, 0.2) is 0 Å². The minimum Gasteiger partial charge on any atom is -0.459 e. The fourth-order valence-corrected chi connectivity index (χ4v) is 1.35. The van der Waals surface area contributed by atoms with Crippen LogP contribution in [-0.4, -0.2) is 18.5 Å². The van der Waals surface area contributed by atoms with Crippen molar-refractivity contribution in [3.63, 3.8) is 0 Å². The Labute approximate surface area is 102 Å². The average molecular weight is 286 g/mol. The summed E-state index contributed by atoms with van der Waals surface area (Å²) in [6, 6.07) is 5.27. The van der Waals surface area contributed by atoms with Crippen LogP contribution in [0.4, 0.5) is 5.69 Å². The molecule has 16 heavy (non-hydrogen) atoms. The van der Waals surface area contributed by atoms with Crippen LogP contribution in [0.5, 0.6) is 0 Å². The van der Waals surface area contributed by atoms with Crippen molar-refractivity contribution >= 4 is 33.5 Å². The van der Waals surface area contributed by atoms with Crippen LogP contribution in [0.1, 0.15) is 12.5 Å². The van der Waals surface area contributed by atoms with Gasteiger partial charge in [0, 0.05) is 10.2 Å². The second kappa shape index (κ2) is 5.65. The predicted octanol–water partition coefficient (Wildman–Crippen LogP) is 2.26. The summed E-state index contributed by atoms with van der Waals surface area (Å²) < 4.78 is 5.52. The molecule has 5 heteroatoms. The van der Waals surface area contributed by atoms with Gasteiger partial charge in [0.05, 0.1) is 6.61 Å². The van der Waals surface area contributed by atoms with E-state index in [1.54, 1.807) is 25.1 Å². The van der Waals surface area contributed by atoms with Crippen LogP contribution >= 0.6 is 15.9 Å². The van der Waals surface area contributed by atoms with Crippen LogP contribution in [0.25, 0.3) is 0 Å². The predicted molar refractivity (Wildman–Crippen MR) is 64.1 cm³/mol. The number of esters is 1. The lowest BCUT2D eigenvalue weighted by Crippen LogP contribution is -2.24. The average Bonchev–Trinajstić information content (AvgIpc) is 2.24. The Morgan fingerprint density at radius 1 is 1.44 bits per heavy atom. The van der Waals surface area contributed by atoms with Gasteiger partial charge in [0.2, 0.25) is 0 Å². The van der Waals surface area contributed by atoms with Gasteiger partial charge >= 0.3 is 11.9 Å². The minimum atomic E-state index is -0.872. The molecule has 0 unspecified atom stereocenters. The topological polar surface area (TPSA) is 55.4 Å². The van der Waals surface area contributed by atoms with E-state index in [-0.39, 0.29) is 6.61 Å². The molecule has 0 fully saturated rings. The normalized spacial score (nSPS) is 9.69. The molecule has 0 aromatic heterocycles. The largest absolute Gasteiger partial charge is 0.459 e. The summed E-state index contributed by atoms with van der Waals surface area (Å²) in [4.78, 5) is 22.4. The number of rotatable bonds is 2. The van der Waals surface area contributed by atoms with Gasteiger partial charge in [0.1, 0.15) is 0 Å². The zero-order chi connectivity index (χ0) is 12.1. The highest BCUT2D eigenvalue weighted by molar-refractivity contribution is 9.10. The van der Waals surface area contributed by atoms with Crippen molar-refractivity contribution in [2.24, 2.45) is 0 Å². The van der Waals surface area contributed by atoms with Crippen molar-refractivity contribution in [1.29, 1.82) is 0 Å². The molecular formula is C11H12BrNO3. The monoisotopic (exact) mass is 285 g/mol. The molecule has 0 saturated heterocycles. The lowest BCUT2D eigenvalue weighted by atomic mass is 10.2. The van der Waals surface area contributed by atoms with Crippen molar-refractivity contribution < 1.29 is 14.3 Å². The maximum absolute atomic E-state index is 11.3. The van der Waals surface area contributed by atoms with E-state index in [2.05, 4.69) is 26.0 Å². The van der Waals surface area contributed by atoms with Crippen molar-refractivity contribution in [1.82, 2.24) is 0 Å². The molecule has 0 saturated carbocycles. The van der Waals surface area contributed by atoms with E-state index in [0.29, 0.717) is 5.69 Å². The number of aryl methyl sites for hydroxylation is 1. The third kappa shape index (κ3) is 3.34. The number of halogens is 1. The number of anilines is 1. The quantitative estimate of drug-likeness (QED) is 0.670. The summed E-state index contributed by atoms with van der Waals surface area (Å²) in [5, 5.41) is 2.46. The highest BCUT2D eigenvalue weighted by Gasteiger charge is 2.14. The fraction of sp³-hybridized carbons (Fsp3) is 0.273. The van der Waals surface area contributed by atoms with Crippen molar-refractivity contribution in [3.8, 4) is 0 Å². The first-order valence-electron chi connectivity index (χ1n) is 4.79. The lowest BCUT2D eigenvalue weighted by molar-refractivity contribution is -0.152. The van der Waals surface area contributed by atoms with Crippen molar-refractivity contribution in [2.45, 2.75) is 13.8 Å². The molecule has 1 N–H and O–H groups in total. The molecular weight excluding hydrogens is 274 g/mol. The Kier molecular flexibility index (Phi) is 4.49. The minimum absolute atomic E-state index is 0.186. The van der Waals surface area contributed by atoms with Crippen molar-refractivity contribution in [3.05, 3.63) is 28.2 Å². The number of carbonyl (C=O) groups is 2. The molecule has 0 spiro atoms. The number of hydrogen-bond acceptors (Lipinski definition) is 3. The summed E-state index contributed by atoms with van der Waals surface area (Å²) >= 11 is 3.35. The fourth-order valence-electron chi connectivity index (χ4n) is 1.10. The molecule has 4 nitrogen and oxygen atoms in total. The van der Waals surface area contributed by atoms with Gasteiger partial charge in [0.25, 0.3) is 0 Å². The summed E-state index contributed by atoms with van der Waals surface area (Å²) in [7, 11) is 0. The highest BCUT2D eigenvalue weighted by atomic mass is 79.9. The number of ether oxygens (including phenoxy) is 1. The maximum atomic E-state index is 11.3. The summed E-state index contributed by atoms with van der Waals surface area (Å²) in [6.07, 6.45) is 0. The first-order valence-corrected chi connectivity index (χ1v) is 5.58. The van der Waals surface area contributed by atoms with Gasteiger partial charge in [-0.25, -0.2) is 4.79 Å². The van der Waals surface area contributed by atoms with Crippen LogP contribution in [0.15, 0.2) is 22.7 Å². The molecule has 1 rings (SSSR count). The van der Waals surface area contributed by atoms with E-state index in [1.165, 1.54) is 0 Å². The number of carbonyl (C=O) groups excluding carboxylic acids is 2. The Bertz CT molecular complexity index is 418. The zero-order valence-corrected chi connectivity index (χ0v) is 10.6. The Hall–Kier alpha value is -1.36. The molecule has 0 aliphatic carbocycles. The van der Waals surface area contributed by atoms with E-state index < -0.39 is 11.9 Å². The molecule has 0 bridgehead atoms. The van der Waals surface area contributed by atoms with Gasteiger partial charge in [-0.05, 0) is 37.6 Å². The Balaban J connectivity index is 2.70. The second-order valence-corrected chi connectivity index (χ2v) is 3.99. The molecule has 0 aliphatic heterocycles. The van der Waals surface area contributed by atoms with E-state index in [0.717, 1.165) is 10.0 Å². The third-order valence-electron chi connectivity index (χ3n) is 1.88. The van der Waals surface area contributed by atoms with Crippen LogP contribution in [0.2, 0.25) is 0 Å². The maximum Gasteiger partial charge on any atom is 0.397 e. The van der Waals surface area contributed by atoms with E-state index in [9.17, 15) is 9.59 Å². The molecule has 1 aromatic rings. The van der Waals surface area contributed by atoms with Crippen LogP contribution in [-0.2, 0) is 14.3 Å². The summed E-state index contributed by atoms with van der Waals surface area (Å²) in [5.41, 5.74) is 1.54. The molecule has 1 amide bonds. The Morgan fingerprint density at radius 3 is 2.69 bits per heavy atom. The SMILES string of the molecule is CCOC(=O)C(=O)Nc1ccc(Br)c(C)c1. The first-order chi connectivity index (χ1) is 7.54. The van der Waals surface area contributed by atoms with Crippen LogP contribution in [0.3, 0.4) is 0 Å². The standard InChI is InChI=1S/C11H12BrNO3/c1-3-16-11(15)10(14)13-8-4-5-9(12)7(2)6-8/h4-6H,3H2,1-2H3,(H,13,14). The van der Waals surface area contributed by atoms with Gasteiger partial charge in [-0.3, -0.25) is 4.79 Å². The summed E-state index contributed by atoms with van der Waals surface area (Å²) in [5.74, 6) is -1.63. The number of nitrogens with one attached hydrogen (secondary N) is 1. The number of hydrogen-bond donors (Lipinski definition) is 1. The van der Waals surface area contributed by atoms with E-state index in [4.69, 9.17) is 0 Å². The van der Waals surface area contributed by atoms with Crippen LogP contribution in [0, 0.1) is 6.92 Å². The molecule has 0 radical (unpaired) electrons. The molecule has 86 valence electrons.